The summed E-state index contributed by atoms with van der Waals surface area (Å²) in [5.74, 6) is 0.127. The molecule has 0 amide bonds. The summed E-state index contributed by atoms with van der Waals surface area (Å²) in [7, 11) is 0. The maximum absolute atomic E-state index is 12.2. The SMILES string of the molecule is O=C(CCCN1CCOCC1)Cn1sc2ccccc2c1=O. The van der Waals surface area contributed by atoms with Crippen molar-refractivity contribution in [2.45, 2.75) is 19.4 Å². The highest BCUT2D eigenvalue weighted by molar-refractivity contribution is 7.13. The van der Waals surface area contributed by atoms with Gasteiger partial charge in [-0.2, -0.15) is 0 Å². The van der Waals surface area contributed by atoms with E-state index in [0.717, 1.165) is 44.0 Å². The number of aromatic nitrogens is 1. The highest BCUT2D eigenvalue weighted by Gasteiger charge is 2.13. The largest absolute Gasteiger partial charge is 0.379 e. The summed E-state index contributed by atoms with van der Waals surface area (Å²) < 4.78 is 7.81. The predicted octanol–water partition coefficient (Wildman–Crippen LogP) is 1.74. The van der Waals surface area contributed by atoms with Gasteiger partial charge in [0.1, 0.15) is 0 Å². The Morgan fingerprint density at radius 1 is 1.23 bits per heavy atom. The summed E-state index contributed by atoms with van der Waals surface area (Å²) in [6, 6.07) is 7.49. The van der Waals surface area contributed by atoms with Crippen molar-refractivity contribution in [1.82, 2.24) is 8.86 Å². The molecule has 1 aromatic carbocycles. The first-order valence-corrected chi connectivity index (χ1v) is 8.42. The summed E-state index contributed by atoms with van der Waals surface area (Å²) in [6.07, 6.45) is 1.37. The van der Waals surface area contributed by atoms with Crippen LogP contribution in [0.5, 0.6) is 0 Å². The molecular formula is C16H20N2O3S. The van der Waals surface area contributed by atoms with Crippen LogP contribution in [0.4, 0.5) is 0 Å². The van der Waals surface area contributed by atoms with Crippen molar-refractivity contribution < 1.29 is 9.53 Å². The van der Waals surface area contributed by atoms with Crippen LogP contribution in [0.25, 0.3) is 10.1 Å². The van der Waals surface area contributed by atoms with Crippen LogP contribution in [-0.2, 0) is 16.1 Å². The van der Waals surface area contributed by atoms with Crippen molar-refractivity contribution >= 4 is 27.4 Å². The van der Waals surface area contributed by atoms with Gasteiger partial charge < -0.3 is 4.74 Å². The molecule has 22 heavy (non-hydrogen) atoms. The van der Waals surface area contributed by atoms with E-state index >= 15 is 0 Å². The minimum absolute atomic E-state index is 0.0536. The molecule has 2 aromatic rings. The van der Waals surface area contributed by atoms with Crippen LogP contribution >= 0.6 is 11.5 Å². The Bertz CT molecular complexity index is 701. The van der Waals surface area contributed by atoms with E-state index in [0.29, 0.717) is 11.8 Å². The Labute approximate surface area is 133 Å². The van der Waals surface area contributed by atoms with E-state index in [1.165, 1.54) is 11.5 Å². The Hall–Kier alpha value is -1.50. The number of Topliss-reactive ketones (excluding diaryl/α,β-unsaturated/α-hetero) is 1. The number of rotatable bonds is 6. The second-order valence-corrected chi connectivity index (χ2v) is 6.59. The quantitative estimate of drug-likeness (QED) is 0.813. The molecule has 0 unspecified atom stereocenters. The minimum atomic E-state index is -0.0536. The molecule has 3 rings (SSSR count). The molecule has 0 radical (unpaired) electrons. The van der Waals surface area contributed by atoms with Crippen molar-refractivity contribution in [1.29, 1.82) is 0 Å². The average Bonchev–Trinajstić information content (AvgIpc) is 2.85. The molecule has 0 aliphatic carbocycles. The molecule has 1 saturated heterocycles. The number of carbonyl (C=O) groups is 1. The molecular weight excluding hydrogens is 300 g/mol. The summed E-state index contributed by atoms with van der Waals surface area (Å²) in [4.78, 5) is 26.6. The van der Waals surface area contributed by atoms with Gasteiger partial charge in [-0.25, -0.2) is 0 Å². The molecule has 1 fully saturated rings. The number of carbonyl (C=O) groups excluding carboxylic acids is 1. The van der Waals surface area contributed by atoms with Crippen LogP contribution in [-0.4, -0.2) is 47.5 Å². The molecule has 0 N–H and O–H groups in total. The number of nitrogens with zero attached hydrogens (tertiary/aromatic N) is 2. The summed E-state index contributed by atoms with van der Waals surface area (Å²) in [5.41, 5.74) is -0.0536. The van der Waals surface area contributed by atoms with Crippen molar-refractivity contribution in [2.24, 2.45) is 0 Å². The third-order valence-electron chi connectivity index (χ3n) is 3.91. The number of benzene rings is 1. The van der Waals surface area contributed by atoms with E-state index in [1.807, 2.05) is 24.3 Å². The van der Waals surface area contributed by atoms with E-state index in [4.69, 9.17) is 4.74 Å². The van der Waals surface area contributed by atoms with Crippen LogP contribution in [0, 0.1) is 0 Å². The van der Waals surface area contributed by atoms with Gasteiger partial charge in [0.05, 0.1) is 29.8 Å². The normalized spacial score (nSPS) is 16.2. The van der Waals surface area contributed by atoms with Crippen LogP contribution in [0.3, 0.4) is 0 Å². The summed E-state index contributed by atoms with van der Waals surface area (Å²) >= 11 is 1.37. The van der Waals surface area contributed by atoms with Crippen molar-refractivity contribution in [2.75, 3.05) is 32.8 Å². The molecule has 5 nitrogen and oxygen atoms in total. The highest BCUT2D eigenvalue weighted by Crippen LogP contribution is 2.16. The lowest BCUT2D eigenvalue weighted by Gasteiger charge is -2.26. The fraction of sp³-hybridized carbons (Fsp3) is 0.500. The van der Waals surface area contributed by atoms with Crippen molar-refractivity contribution in [3.8, 4) is 0 Å². The van der Waals surface area contributed by atoms with Gasteiger partial charge in [-0.05, 0) is 25.1 Å². The lowest BCUT2D eigenvalue weighted by molar-refractivity contribution is -0.119. The molecule has 1 aromatic heterocycles. The highest BCUT2D eigenvalue weighted by atomic mass is 32.1. The molecule has 0 bridgehead atoms. The first-order chi connectivity index (χ1) is 10.7. The van der Waals surface area contributed by atoms with Gasteiger partial charge in [0.2, 0.25) is 0 Å². The zero-order valence-electron chi connectivity index (χ0n) is 12.5. The van der Waals surface area contributed by atoms with E-state index in [9.17, 15) is 9.59 Å². The Balaban J connectivity index is 1.52. The number of ether oxygens (including phenoxy) is 1. The maximum Gasteiger partial charge on any atom is 0.268 e. The van der Waals surface area contributed by atoms with Crippen LogP contribution < -0.4 is 5.56 Å². The standard InChI is InChI=1S/C16H20N2O3S/c19-13(4-3-7-17-8-10-21-11-9-17)12-18-16(20)14-5-1-2-6-15(14)22-18/h1-2,5-6H,3-4,7-12H2. The lowest BCUT2D eigenvalue weighted by atomic mass is 10.2. The van der Waals surface area contributed by atoms with Crippen molar-refractivity contribution in [3.05, 3.63) is 34.6 Å². The molecule has 118 valence electrons. The fourth-order valence-electron chi connectivity index (χ4n) is 2.69. The minimum Gasteiger partial charge on any atom is -0.379 e. The first kappa shape index (κ1) is 15.4. The average molecular weight is 320 g/mol. The number of hydrogen-bond acceptors (Lipinski definition) is 5. The van der Waals surface area contributed by atoms with Gasteiger partial charge in [0.25, 0.3) is 5.56 Å². The summed E-state index contributed by atoms with van der Waals surface area (Å²) in [6.45, 7) is 4.59. The Morgan fingerprint density at radius 3 is 2.77 bits per heavy atom. The molecule has 0 saturated carbocycles. The number of fused-ring (bicyclic) bond motifs is 1. The van der Waals surface area contributed by atoms with E-state index < -0.39 is 0 Å². The predicted molar refractivity (Wildman–Crippen MR) is 87.6 cm³/mol. The zero-order chi connectivity index (χ0) is 15.4. The Morgan fingerprint density at radius 2 is 2.00 bits per heavy atom. The van der Waals surface area contributed by atoms with E-state index in [2.05, 4.69) is 4.90 Å². The first-order valence-electron chi connectivity index (χ1n) is 7.65. The molecule has 1 aliphatic heterocycles. The van der Waals surface area contributed by atoms with Gasteiger partial charge in [-0.1, -0.05) is 23.7 Å². The molecule has 1 aliphatic rings. The van der Waals surface area contributed by atoms with E-state index in [-0.39, 0.29) is 17.9 Å². The molecule has 0 atom stereocenters. The Kier molecular flexibility index (Phi) is 5.02. The monoisotopic (exact) mass is 320 g/mol. The maximum atomic E-state index is 12.2. The number of morpholine rings is 1. The number of ketones is 1. The second-order valence-electron chi connectivity index (χ2n) is 5.53. The fourth-order valence-corrected chi connectivity index (χ4v) is 3.71. The molecule has 6 heteroatoms. The van der Waals surface area contributed by atoms with Gasteiger partial charge in [-0.15, -0.1) is 0 Å². The van der Waals surface area contributed by atoms with Crippen molar-refractivity contribution in [3.63, 3.8) is 0 Å². The summed E-state index contributed by atoms with van der Waals surface area (Å²) in [5, 5.41) is 0.702. The second kappa shape index (κ2) is 7.17. The van der Waals surface area contributed by atoms with Gasteiger partial charge in [0, 0.05) is 19.5 Å². The van der Waals surface area contributed by atoms with Crippen LogP contribution in [0.2, 0.25) is 0 Å². The lowest BCUT2D eigenvalue weighted by Crippen LogP contribution is -2.37. The topological polar surface area (TPSA) is 51.5 Å². The van der Waals surface area contributed by atoms with Gasteiger partial charge in [-0.3, -0.25) is 18.4 Å². The van der Waals surface area contributed by atoms with Crippen LogP contribution in [0.15, 0.2) is 29.1 Å². The molecule has 2 heterocycles. The third-order valence-corrected chi connectivity index (χ3v) is 4.97. The molecule has 0 spiro atoms. The van der Waals surface area contributed by atoms with E-state index in [1.54, 1.807) is 3.96 Å². The smallest absolute Gasteiger partial charge is 0.268 e. The van der Waals surface area contributed by atoms with Gasteiger partial charge in [0.15, 0.2) is 5.78 Å². The van der Waals surface area contributed by atoms with Crippen LogP contribution in [0.1, 0.15) is 12.8 Å². The van der Waals surface area contributed by atoms with Gasteiger partial charge >= 0.3 is 0 Å². The zero-order valence-corrected chi connectivity index (χ0v) is 13.3. The third kappa shape index (κ3) is 3.63. The number of hydrogen-bond donors (Lipinski definition) is 0.